The van der Waals surface area contributed by atoms with E-state index in [1.807, 2.05) is 6.08 Å². The summed E-state index contributed by atoms with van der Waals surface area (Å²) in [5.74, 6) is -0.360. The summed E-state index contributed by atoms with van der Waals surface area (Å²) < 4.78 is 4.97. The molecule has 0 radical (unpaired) electrons. The monoisotopic (exact) mass is 252 g/mol. The van der Waals surface area contributed by atoms with Crippen molar-refractivity contribution in [2.24, 2.45) is 0 Å². The third kappa shape index (κ3) is 5.03. The van der Waals surface area contributed by atoms with Gasteiger partial charge in [-0.2, -0.15) is 0 Å². The molecule has 0 spiro atoms. The van der Waals surface area contributed by atoms with E-state index in [0.29, 0.717) is 6.42 Å². The summed E-state index contributed by atoms with van der Waals surface area (Å²) in [6.07, 6.45) is 10.1. The van der Waals surface area contributed by atoms with Gasteiger partial charge in [0.25, 0.3) is 0 Å². The van der Waals surface area contributed by atoms with Crippen molar-refractivity contribution in [3.63, 3.8) is 0 Å². The zero-order chi connectivity index (χ0) is 13.4. The molecule has 18 heavy (non-hydrogen) atoms. The van der Waals surface area contributed by atoms with Gasteiger partial charge in [-0.1, -0.05) is 45.1 Å². The summed E-state index contributed by atoms with van der Waals surface area (Å²) in [4.78, 5) is 22.7. The summed E-state index contributed by atoms with van der Waals surface area (Å²) in [5.41, 5.74) is 0.858. The zero-order valence-corrected chi connectivity index (χ0v) is 11.5. The van der Waals surface area contributed by atoms with Gasteiger partial charge in [0.15, 0.2) is 11.9 Å². The van der Waals surface area contributed by atoms with Crippen molar-refractivity contribution in [2.75, 3.05) is 0 Å². The van der Waals surface area contributed by atoms with E-state index in [1.165, 1.54) is 39.0 Å². The van der Waals surface area contributed by atoms with Crippen molar-refractivity contribution in [3.8, 4) is 0 Å². The molecule has 102 valence electrons. The quantitative estimate of drug-likeness (QED) is 0.490. The van der Waals surface area contributed by atoms with Gasteiger partial charge in [-0.05, 0) is 18.4 Å². The number of Topliss-reactive ketones (excluding diaryl/α,β-unsaturated/α-hetero) is 1. The van der Waals surface area contributed by atoms with Crippen LogP contribution in [0.4, 0.5) is 0 Å². The van der Waals surface area contributed by atoms with E-state index in [1.54, 1.807) is 0 Å². The number of ether oxygens (including phenoxy) is 1. The molecular weight excluding hydrogens is 228 g/mol. The second-order valence-corrected chi connectivity index (χ2v) is 4.95. The minimum Gasteiger partial charge on any atom is -0.454 e. The number of hydrogen-bond acceptors (Lipinski definition) is 3. The first-order valence-electron chi connectivity index (χ1n) is 7.05. The van der Waals surface area contributed by atoms with Crippen LogP contribution in [0, 0.1) is 0 Å². The fourth-order valence-corrected chi connectivity index (χ4v) is 2.29. The average Bonchev–Trinajstić information content (AvgIpc) is 2.65. The Kier molecular flexibility index (Phi) is 6.69. The first-order valence-corrected chi connectivity index (χ1v) is 7.05. The van der Waals surface area contributed by atoms with Crippen LogP contribution in [0.3, 0.4) is 0 Å². The van der Waals surface area contributed by atoms with E-state index in [9.17, 15) is 9.59 Å². The van der Waals surface area contributed by atoms with Gasteiger partial charge in [-0.3, -0.25) is 9.59 Å². The van der Waals surface area contributed by atoms with Gasteiger partial charge in [0, 0.05) is 13.3 Å². The lowest BCUT2D eigenvalue weighted by Crippen LogP contribution is -2.22. The molecule has 1 atom stereocenters. The van der Waals surface area contributed by atoms with Crippen LogP contribution in [0.2, 0.25) is 0 Å². The molecule has 3 nitrogen and oxygen atoms in total. The van der Waals surface area contributed by atoms with Gasteiger partial charge in [0.1, 0.15) is 0 Å². The maximum absolute atomic E-state index is 11.9. The second kappa shape index (κ2) is 8.06. The van der Waals surface area contributed by atoms with Crippen LogP contribution in [0.1, 0.15) is 65.2 Å². The SMILES string of the molecule is CCCCCCCCC1=CCC(OC(C)=O)C1=O. The molecule has 0 saturated carbocycles. The minimum absolute atomic E-state index is 0.0127. The molecule has 0 fully saturated rings. The lowest BCUT2D eigenvalue weighted by Gasteiger charge is -2.09. The molecule has 0 aromatic carbocycles. The molecule has 0 aromatic rings. The lowest BCUT2D eigenvalue weighted by molar-refractivity contribution is -0.150. The van der Waals surface area contributed by atoms with Crippen molar-refractivity contribution in [3.05, 3.63) is 11.6 Å². The van der Waals surface area contributed by atoms with Gasteiger partial charge in [-0.25, -0.2) is 0 Å². The number of ketones is 1. The summed E-state index contributed by atoms with van der Waals surface area (Å²) >= 11 is 0. The van der Waals surface area contributed by atoms with E-state index in [4.69, 9.17) is 4.74 Å². The molecule has 0 heterocycles. The second-order valence-electron chi connectivity index (χ2n) is 4.95. The zero-order valence-electron chi connectivity index (χ0n) is 11.5. The largest absolute Gasteiger partial charge is 0.454 e. The van der Waals surface area contributed by atoms with Crippen LogP contribution in [-0.2, 0) is 14.3 Å². The van der Waals surface area contributed by atoms with Gasteiger partial charge in [0.05, 0.1) is 0 Å². The van der Waals surface area contributed by atoms with E-state index in [2.05, 4.69) is 6.92 Å². The molecule has 0 amide bonds. The molecule has 0 aliphatic heterocycles. The average molecular weight is 252 g/mol. The van der Waals surface area contributed by atoms with Crippen LogP contribution in [0.5, 0.6) is 0 Å². The third-order valence-corrected chi connectivity index (χ3v) is 3.30. The van der Waals surface area contributed by atoms with Crippen LogP contribution in [0.25, 0.3) is 0 Å². The number of unbranched alkanes of at least 4 members (excludes halogenated alkanes) is 5. The normalized spacial score (nSPS) is 18.9. The highest BCUT2D eigenvalue weighted by Gasteiger charge is 2.28. The molecule has 0 bridgehead atoms. The molecule has 0 aromatic heterocycles. The standard InChI is InChI=1S/C15H24O3/c1-3-4-5-6-7-8-9-13-10-11-14(15(13)17)18-12(2)16/h10,14H,3-9,11H2,1-2H3. The number of rotatable bonds is 8. The van der Waals surface area contributed by atoms with Gasteiger partial charge < -0.3 is 4.74 Å². The van der Waals surface area contributed by atoms with Gasteiger partial charge >= 0.3 is 5.97 Å². The van der Waals surface area contributed by atoms with E-state index < -0.39 is 6.10 Å². The Hall–Kier alpha value is -1.12. The molecule has 1 unspecified atom stereocenters. The van der Waals surface area contributed by atoms with E-state index in [0.717, 1.165) is 18.4 Å². The summed E-state index contributed by atoms with van der Waals surface area (Å²) in [5, 5.41) is 0. The third-order valence-electron chi connectivity index (χ3n) is 3.30. The van der Waals surface area contributed by atoms with E-state index in [-0.39, 0.29) is 11.8 Å². The Labute approximate surface area is 110 Å². The van der Waals surface area contributed by atoms with Crippen molar-refractivity contribution < 1.29 is 14.3 Å². The topological polar surface area (TPSA) is 43.4 Å². The predicted octanol–water partition coefficient (Wildman–Crippen LogP) is 3.57. The number of hydrogen-bond donors (Lipinski definition) is 0. The van der Waals surface area contributed by atoms with Crippen molar-refractivity contribution in [2.45, 2.75) is 71.3 Å². The lowest BCUT2D eigenvalue weighted by atomic mass is 10.0. The molecule has 1 aliphatic carbocycles. The maximum atomic E-state index is 11.9. The van der Waals surface area contributed by atoms with Crippen LogP contribution in [-0.4, -0.2) is 17.9 Å². The smallest absolute Gasteiger partial charge is 0.303 e. The van der Waals surface area contributed by atoms with Crippen LogP contribution in [0.15, 0.2) is 11.6 Å². The molecule has 3 heteroatoms. The van der Waals surface area contributed by atoms with Gasteiger partial charge in [-0.15, -0.1) is 0 Å². The van der Waals surface area contributed by atoms with Crippen molar-refractivity contribution >= 4 is 11.8 Å². The highest BCUT2D eigenvalue weighted by Crippen LogP contribution is 2.23. The maximum Gasteiger partial charge on any atom is 0.303 e. The summed E-state index contributed by atoms with van der Waals surface area (Å²) in [6.45, 7) is 3.55. The molecule has 1 aliphatic rings. The molecular formula is C15H24O3. The highest BCUT2D eigenvalue weighted by molar-refractivity contribution is 6.02. The fourth-order valence-electron chi connectivity index (χ4n) is 2.29. The van der Waals surface area contributed by atoms with Gasteiger partial charge in [0.2, 0.25) is 0 Å². The molecule has 0 N–H and O–H groups in total. The van der Waals surface area contributed by atoms with Crippen molar-refractivity contribution in [1.29, 1.82) is 0 Å². The Bertz CT molecular complexity index is 318. The molecule has 0 saturated heterocycles. The van der Waals surface area contributed by atoms with E-state index >= 15 is 0 Å². The van der Waals surface area contributed by atoms with Crippen LogP contribution < -0.4 is 0 Å². The Morgan fingerprint density at radius 2 is 1.94 bits per heavy atom. The number of carbonyl (C=O) groups is 2. The fraction of sp³-hybridized carbons (Fsp3) is 0.733. The minimum atomic E-state index is -0.544. The first-order chi connectivity index (χ1) is 8.65. The Morgan fingerprint density at radius 3 is 2.61 bits per heavy atom. The number of carbonyl (C=O) groups excluding carboxylic acids is 2. The first kappa shape index (κ1) is 14.9. The highest BCUT2D eigenvalue weighted by atomic mass is 16.5. The number of esters is 1. The molecule has 1 rings (SSSR count). The van der Waals surface area contributed by atoms with Crippen molar-refractivity contribution in [1.82, 2.24) is 0 Å². The summed E-state index contributed by atoms with van der Waals surface area (Å²) in [7, 11) is 0. The predicted molar refractivity (Wildman–Crippen MR) is 71.3 cm³/mol. The Morgan fingerprint density at radius 1 is 1.28 bits per heavy atom. The summed E-state index contributed by atoms with van der Waals surface area (Å²) in [6, 6.07) is 0. The Balaban J connectivity index is 2.16. The van der Waals surface area contributed by atoms with Crippen LogP contribution >= 0.6 is 0 Å².